The first kappa shape index (κ1) is 12.6. The molecule has 0 spiro atoms. The maximum absolute atomic E-state index is 12.9. The number of aliphatic hydroxyl groups excluding tert-OH is 1. The predicted molar refractivity (Wildman–Crippen MR) is 59.8 cm³/mol. The second kappa shape index (κ2) is 5.61. The number of likely N-dealkylation sites (N-methyl/N-ethyl adjacent to an activating group) is 1. The van der Waals surface area contributed by atoms with Crippen LogP contribution in [-0.4, -0.2) is 35.6 Å². The van der Waals surface area contributed by atoms with Gasteiger partial charge in [0.05, 0.1) is 6.61 Å². The third-order valence-corrected chi connectivity index (χ3v) is 2.46. The van der Waals surface area contributed by atoms with Crippen molar-refractivity contribution in [2.45, 2.75) is 13.8 Å². The van der Waals surface area contributed by atoms with Gasteiger partial charge in [-0.3, -0.25) is 4.79 Å². The van der Waals surface area contributed by atoms with Gasteiger partial charge in [0.1, 0.15) is 5.82 Å². The Hall–Kier alpha value is -1.42. The van der Waals surface area contributed by atoms with Gasteiger partial charge in [0.2, 0.25) is 0 Å². The van der Waals surface area contributed by atoms with Gasteiger partial charge in [-0.25, -0.2) is 4.39 Å². The third kappa shape index (κ3) is 2.79. The van der Waals surface area contributed by atoms with Crippen molar-refractivity contribution < 1.29 is 14.3 Å². The van der Waals surface area contributed by atoms with Crippen LogP contribution in [0.2, 0.25) is 0 Å². The molecule has 0 aliphatic carbocycles. The molecule has 0 saturated heterocycles. The van der Waals surface area contributed by atoms with E-state index in [9.17, 15) is 9.18 Å². The molecule has 0 fully saturated rings. The largest absolute Gasteiger partial charge is 0.395 e. The molecule has 0 saturated carbocycles. The van der Waals surface area contributed by atoms with Crippen LogP contribution in [0.3, 0.4) is 0 Å². The number of benzene rings is 1. The predicted octanol–water partition coefficient (Wildman–Crippen LogP) is 1.59. The van der Waals surface area contributed by atoms with Gasteiger partial charge < -0.3 is 10.0 Å². The molecule has 1 aromatic carbocycles. The number of carbonyl (C=O) groups is 1. The second-order valence-electron chi connectivity index (χ2n) is 3.57. The maximum Gasteiger partial charge on any atom is 0.254 e. The van der Waals surface area contributed by atoms with Gasteiger partial charge in [0, 0.05) is 18.7 Å². The Kier molecular flexibility index (Phi) is 4.43. The van der Waals surface area contributed by atoms with Crippen LogP contribution in [-0.2, 0) is 0 Å². The fraction of sp³-hybridized carbons (Fsp3) is 0.417. The van der Waals surface area contributed by atoms with Crippen molar-refractivity contribution in [3.63, 3.8) is 0 Å². The number of hydrogen-bond acceptors (Lipinski definition) is 2. The van der Waals surface area contributed by atoms with E-state index < -0.39 is 0 Å². The quantitative estimate of drug-likeness (QED) is 0.845. The van der Waals surface area contributed by atoms with Crippen molar-refractivity contribution in [1.82, 2.24) is 4.90 Å². The number of halogens is 1. The van der Waals surface area contributed by atoms with E-state index in [1.165, 1.54) is 23.1 Å². The summed E-state index contributed by atoms with van der Waals surface area (Å²) in [5, 5.41) is 8.82. The van der Waals surface area contributed by atoms with Crippen molar-refractivity contribution in [2.24, 2.45) is 0 Å². The third-order valence-electron chi connectivity index (χ3n) is 2.46. The Morgan fingerprint density at radius 1 is 1.50 bits per heavy atom. The summed E-state index contributed by atoms with van der Waals surface area (Å²) in [6, 6.07) is 4.08. The molecule has 0 atom stereocenters. The minimum atomic E-state index is -0.348. The van der Waals surface area contributed by atoms with E-state index in [1.54, 1.807) is 6.92 Å². The topological polar surface area (TPSA) is 40.5 Å². The van der Waals surface area contributed by atoms with E-state index in [-0.39, 0.29) is 18.3 Å². The van der Waals surface area contributed by atoms with Crippen molar-refractivity contribution in [3.05, 3.63) is 35.1 Å². The van der Waals surface area contributed by atoms with Crippen LogP contribution in [0.5, 0.6) is 0 Å². The smallest absolute Gasteiger partial charge is 0.254 e. The zero-order valence-electron chi connectivity index (χ0n) is 9.53. The van der Waals surface area contributed by atoms with Crippen LogP contribution >= 0.6 is 0 Å². The second-order valence-corrected chi connectivity index (χ2v) is 3.57. The van der Waals surface area contributed by atoms with E-state index in [0.717, 1.165) is 0 Å². The SMILES string of the molecule is CCN(CCO)C(=O)c1ccc(F)cc1C. The zero-order chi connectivity index (χ0) is 12.1. The molecule has 88 valence electrons. The summed E-state index contributed by atoms with van der Waals surface area (Å²) in [5.74, 6) is -0.520. The Morgan fingerprint density at radius 2 is 2.19 bits per heavy atom. The summed E-state index contributed by atoms with van der Waals surface area (Å²) in [6.07, 6.45) is 0. The van der Waals surface area contributed by atoms with E-state index in [2.05, 4.69) is 0 Å². The van der Waals surface area contributed by atoms with Crippen LogP contribution in [0.25, 0.3) is 0 Å². The summed E-state index contributed by atoms with van der Waals surface area (Å²) in [6.45, 7) is 4.29. The van der Waals surface area contributed by atoms with E-state index in [0.29, 0.717) is 24.2 Å². The van der Waals surface area contributed by atoms with Crippen LogP contribution in [0.1, 0.15) is 22.8 Å². The molecule has 1 amide bonds. The number of aryl methyl sites for hydroxylation is 1. The number of amides is 1. The minimum Gasteiger partial charge on any atom is -0.395 e. The Balaban J connectivity index is 2.94. The molecule has 0 unspecified atom stereocenters. The molecule has 4 heteroatoms. The van der Waals surface area contributed by atoms with Gasteiger partial charge in [0.25, 0.3) is 5.91 Å². The van der Waals surface area contributed by atoms with Gasteiger partial charge in [0.15, 0.2) is 0 Å². The summed E-state index contributed by atoms with van der Waals surface area (Å²) in [7, 11) is 0. The Bertz CT molecular complexity index is 379. The fourth-order valence-corrected chi connectivity index (χ4v) is 1.56. The number of carbonyl (C=O) groups excluding carboxylic acids is 1. The molecular formula is C12H16FNO2. The molecule has 0 bridgehead atoms. The summed E-state index contributed by atoms with van der Waals surface area (Å²) in [4.78, 5) is 13.5. The average Bonchev–Trinajstić information content (AvgIpc) is 2.25. The van der Waals surface area contributed by atoms with E-state index >= 15 is 0 Å². The molecule has 0 aliphatic rings. The highest BCUT2D eigenvalue weighted by Crippen LogP contribution is 2.12. The maximum atomic E-state index is 12.9. The molecule has 3 nitrogen and oxygen atoms in total. The first-order valence-electron chi connectivity index (χ1n) is 5.26. The average molecular weight is 225 g/mol. The highest BCUT2D eigenvalue weighted by molar-refractivity contribution is 5.95. The highest BCUT2D eigenvalue weighted by atomic mass is 19.1. The van der Waals surface area contributed by atoms with Crippen molar-refractivity contribution >= 4 is 5.91 Å². The lowest BCUT2D eigenvalue weighted by molar-refractivity contribution is 0.0731. The molecule has 0 aromatic heterocycles. The number of hydrogen-bond donors (Lipinski definition) is 1. The lowest BCUT2D eigenvalue weighted by atomic mass is 10.1. The van der Waals surface area contributed by atoms with Gasteiger partial charge in [-0.05, 0) is 37.6 Å². The molecule has 1 rings (SSSR count). The normalized spacial score (nSPS) is 10.2. The first-order valence-corrected chi connectivity index (χ1v) is 5.26. The number of aliphatic hydroxyl groups is 1. The van der Waals surface area contributed by atoms with Crippen LogP contribution in [0.4, 0.5) is 4.39 Å². The molecule has 0 heterocycles. The van der Waals surface area contributed by atoms with Gasteiger partial charge in [-0.15, -0.1) is 0 Å². The van der Waals surface area contributed by atoms with Crippen molar-refractivity contribution in [2.75, 3.05) is 19.7 Å². The van der Waals surface area contributed by atoms with E-state index in [1.807, 2.05) is 6.92 Å². The van der Waals surface area contributed by atoms with Gasteiger partial charge in [-0.2, -0.15) is 0 Å². The lowest BCUT2D eigenvalue weighted by Gasteiger charge is -2.20. The zero-order valence-corrected chi connectivity index (χ0v) is 9.53. The van der Waals surface area contributed by atoms with Crippen molar-refractivity contribution in [3.8, 4) is 0 Å². The summed E-state index contributed by atoms with van der Waals surface area (Å²) < 4.78 is 12.9. The van der Waals surface area contributed by atoms with Crippen LogP contribution in [0, 0.1) is 12.7 Å². The lowest BCUT2D eigenvalue weighted by Crippen LogP contribution is -2.33. The van der Waals surface area contributed by atoms with Gasteiger partial charge >= 0.3 is 0 Å². The standard InChI is InChI=1S/C12H16FNO2/c1-3-14(6-7-15)12(16)11-5-4-10(13)8-9(11)2/h4-5,8,15H,3,6-7H2,1-2H3. The molecule has 0 aliphatic heterocycles. The first-order chi connectivity index (χ1) is 7.60. The Labute approximate surface area is 94.5 Å². The molecular weight excluding hydrogens is 209 g/mol. The number of nitrogens with zero attached hydrogens (tertiary/aromatic N) is 1. The minimum absolute atomic E-state index is 0.0696. The van der Waals surface area contributed by atoms with Crippen LogP contribution < -0.4 is 0 Å². The molecule has 16 heavy (non-hydrogen) atoms. The Morgan fingerprint density at radius 3 is 2.69 bits per heavy atom. The molecule has 1 N–H and O–H groups in total. The molecule has 0 radical (unpaired) electrons. The molecule has 1 aromatic rings. The van der Waals surface area contributed by atoms with Gasteiger partial charge in [-0.1, -0.05) is 0 Å². The monoisotopic (exact) mass is 225 g/mol. The summed E-state index contributed by atoms with van der Waals surface area (Å²) in [5.41, 5.74) is 1.10. The summed E-state index contributed by atoms with van der Waals surface area (Å²) >= 11 is 0. The fourth-order valence-electron chi connectivity index (χ4n) is 1.56. The van der Waals surface area contributed by atoms with Crippen LogP contribution in [0.15, 0.2) is 18.2 Å². The highest BCUT2D eigenvalue weighted by Gasteiger charge is 2.15. The van der Waals surface area contributed by atoms with Crippen molar-refractivity contribution in [1.29, 1.82) is 0 Å². The van der Waals surface area contributed by atoms with E-state index in [4.69, 9.17) is 5.11 Å². The number of rotatable bonds is 4.